The summed E-state index contributed by atoms with van der Waals surface area (Å²) in [4.78, 5) is 13.4. The van der Waals surface area contributed by atoms with Gasteiger partial charge in [-0.3, -0.25) is 4.79 Å². The molecule has 0 bridgehead atoms. The summed E-state index contributed by atoms with van der Waals surface area (Å²) in [6.45, 7) is 0. The maximum Gasteiger partial charge on any atom is 0.235 e. The van der Waals surface area contributed by atoms with Gasteiger partial charge in [-0.05, 0) is 29.9 Å². The fourth-order valence-electron chi connectivity index (χ4n) is 4.14. The molecule has 0 saturated heterocycles. The number of rotatable bonds is 3. The lowest BCUT2D eigenvalue weighted by Gasteiger charge is -2.36. The molecule has 1 fully saturated rings. The highest BCUT2D eigenvalue weighted by Gasteiger charge is 2.41. The summed E-state index contributed by atoms with van der Waals surface area (Å²) in [5, 5.41) is 5.50. The quantitative estimate of drug-likeness (QED) is 0.658. The lowest BCUT2D eigenvalue weighted by molar-refractivity contribution is -0.122. The number of hydrogen-bond acceptors (Lipinski definition) is 1. The largest absolute Gasteiger partial charge is 0.325 e. The topological polar surface area (TPSA) is 29.1 Å². The normalized spacial score (nSPS) is 16.5. The van der Waals surface area contributed by atoms with Gasteiger partial charge in [-0.2, -0.15) is 0 Å². The second-order valence-electron chi connectivity index (χ2n) is 6.99. The standard InChI is InChI=1S/C23H23NO/c25-22(24-21-15-9-11-18-10-5-6-14-20(18)21)23(16-7-2-8-17-23)19-12-3-1-4-13-19/h1,3-6,9-15H,2,7-8,16-17H2,(H,24,25). The minimum atomic E-state index is -0.406. The van der Waals surface area contributed by atoms with Crippen LogP contribution < -0.4 is 5.32 Å². The van der Waals surface area contributed by atoms with Crippen molar-refractivity contribution >= 4 is 22.4 Å². The van der Waals surface area contributed by atoms with Crippen molar-refractivity contribution in [1.29, 1.82) is 0 Å². The zero-order valence-corrected chi connectivity index (χ0v) is 14.4. The van der Waals surface area contributed by atoms with Crippen LogP contribution in [0.2, 0.25) is 0 Å². The van der Waals surface area contributed by atoms with Crippen LogP contribution in [0.3, 0.4) is 0 Å². The zero-order chi connectivity index (χ0) is 17.1. The third-order valence-electron chi connectivity index (χ3n) is 5.51. The number of anilines is 1. The van der Waals surface area contributed by atoms with Crippen molar-refractivity contribution in [2.75, 3.05) is 5.32 Å². The maximum absolute atomic E-state index is 13.4. The number of amides is 1. The molecule has 3 aromatic rings. The highest BCUT2D eigenvalue weighted by atomic mass is 16.2. The Morgan fingerprint density at radius 2 is 1.44 bits per heavy atom. The Labute approximate surface area is 148 Å². The molecule has 0 radical (unpaired) electrons. The molecule has 1 aliphatic carbocycles. The van der Waals surface area contributed by atoms with Crippen molar-refractivity contribution in [1.82, 2.24) is 0 Å². The fraction of sp³-hybridized carbons (Fsp3) is 0.261. The molecule has 126 valence electrons. The van der Waals surface area contributed by atoms with Gasteiger partial charge in [0, 0.05) is 11.1 Å². The van der Waals surface area contributed by atoms with Crippen LogP contribution in [0.1, 0.15) is 37.7 Å². The van der Waals surface area contributed by atoms with Gasteiger partial charge in [0.05, 0.1) is 5.41 Å². The van der Waals surface area contributed by atoms with Crippen molar-refractivity contribution in [3.8, 4) is 0 Å². The van der Waals surface area contributed by atoms with Crippen LogP contribution in [0, 0.1) is 0 Å². The molecule has 1 saturated carbocycles. The van der Waals surface area contributed by atoms with Crippen molar-refractivity contribution in [3.63, 3.8) is 0 Å². The van der Waals surface area contributed by atoms with Crippen LogP contribution in [0.15, 0.2) is 72.8 Å². The third kappa shape index (κ3) is 2.93. The summed E-state index contributed by atoms with van der Waals surface area (Å²) in [6.07, 6.45) is 5.28. The minimum absolute atomic E-state index is 0.134. The maximum atomic E-state index is 13.4. The first kappa shape index (κ1) is 15.9. The fourth-order valence-corrected chi connectivity index (χ4v) is 4.14. The molecule has 0 aliphatic heterocycles. The van der Waals surface area contributed by atoms with E-state index in [2.05, 4.69) is 35.6 Å². The summed E-state index contributed by atoms with van der Waals surface area (Å²) in [5.74, 6) is 0.134. The van der Waals surface area contributed by atoms with E-state index in [0.29, 0.717) is 0 Å². The molecule has 0 atom stereocenters. The smallest absolute Gasteiger partial charge is 0.235 e. The van der Waals surface area contributed by atoms with E-state index in [4.69, 9.17) is 0 Å². The van der Waals surface area contributed by atoms with E-state index in [0.717, 1.165) is 47.7 Å². The molecule has 1 N–H and O–H groups in total. The van der Waals surface area contributed by atoms with Crippen LogP contribution in [-0.4, -0.2) is 5.91 Å². The monoisotopic (exact) mass is 329 g/mol. The first-order valence-electron chi connectivity index (χ1n) is 9.14. The Kier molecular flexibility index (Phi) is 4.27. The van der Waals surface area contributed by atoms with E-state index in [1.165, 1.54) is 6.42 Å². The zero-order valence-electron chi connectivity index (χ0n) is 14.4. The summed E-state index contributed by atoms with van der Waals surface area (Å²) in [5.41, 5.74) is 1.65. The van der Waals surface area contributed by atoms with E-state index < -0.39 is 5.41 Å². The van der Waals surface area contributed by atoms with Crippen LogP contribution in [0.5, 0.6) is 0 Å². The Balaban J connectivity index is 1.72. The van der Waals surface area contributed by atoms with Gasteiger partial charge < -0.3 is 5.32 Å². The van der Waals surface area contributed by atoms with E-state index >= 15 is 0 Å². The summed E-state index contributed by atoms with van der Waals surface area (Å²) in [6, 6.07) is 24.6. The number of benzene rings is 3. The lowest BCUT2D eigenvalue weighted by atomic mass is 9.68. The molecule has 0 heterocycles. The second-order valence-corrected chi connectivity index (χ2v) is 6.99. The SMILES string of the molecule is O=C(Nc1cccc2ccccc12)C1(c2ccccc2)CCCCC1. The predicted molar refractivity (Wildman–Crippen MR) is 104 cm³/mol. The number of hydrogen-bond donors (Lipinski definition) is 1. The summed E-state index contributed by atoms with van der Waals surface area (Å²) >= 11 is 0. The van der Waals surface area contributed by atoms with E-state index in [1.807, 2.05) is 42.5 Å². The molecule has 4 rings (SSSR count). The van der Waals surface area contributed by atoms with Crippen LogP contribution in [0.25, 0.3) is 10.8 Å². The van der Waals surface area contributed by atoms with Crippen LogP contribution in [-0.2, 0) is 10.2 Å². The second kappa shape index (κ2) is 6.72. The van der Waals surface area contributed by atoms with Gasteiger partial charge in [0.2, 0.25) is 5.91 Å². The lowest BCUT2D eigenvalue weighted by Crippen LogP contribution is -2.42. The first-order valence-corrected chi connectivity index (χ1v) is 9.14. The van der Waals surface area contributed by atoms with Crippen molar-refractivity contribution in [2.24, 2.45) is 0 Å². The van der Waals surface area contributed by atoms with Crippen molar-refractivity contribution in [2.45, 2.75) is 37.5 Å². The minimum Gasteiger partial charge on any atom is -0.325 e. The average molecular weight is 329 g/mol. The van der Waals surface area contributed by atoms with Gasteiger partial charge in [0.25, 0.3) is 0 Å². The molecule has 0 aromatic heterocycles. The van der Waals surface area contributed by atoms with Crippen molar-refractivity contribution in [3.05, 3.63) is 78.4 Å². The number of carbonyl (C=O) groups is 1. The molecule has 0 spiro atoms. The molecule has 2 nitrogen and oxygen atoms in total. The molecular weight excluding hydrogens is 306 g/mol. The molecule has 2 heteroatoms. The number of fused-ring (bicyclic) bond motifs is 1. The number of nitrogens with one attached hydrogen (secondary N) is 1. The van der Waals surface area contributed by atoms with E-state index in [1.54, 1.807) is 0 Å². The molecule has 3 aromatic carbocycles. The van der Waals surface area contributed by atoms with E-state index in [-0.39, 0.29) is 5.91 Å². The van der Waals surface area contributed by atoms with Crippen molar-refractivity contribution < 1.29 is 4.79 Å². The van der Waals surface area contributed by atoms with Gasteiger partial charge in [0.15, 0.2) is 0 Å². The Morgan fingerprint density at radius 3 is 2.24 bits per heavy atom. The average Bonchev–Trinajstić information content (AvgIpc) is 2.69. The molecule has 1 aliphatic rings. The molecule has 0 unspecified atom stereocenters. The highest BCUT2D eigenvalue weighted by molar-refractivity contribution is 6.06. The van der Waals surface area contributed by atoms with Crippen LogP contribution in [0.4, 0.5) is 5.69 Å². The molecule has 25 heavy (non-hydrogen) atoms. The Hall–Kier alpha value is -2.61. The Morgan fingerprint density at radius 1 is 0.760 bits per heavy atom. The first-order chi connectivity index (χ1) is 12.3. The van der Waals surface area contributed by atoms with Gasteiger partial charge >= 0.3 is 0 Å². The highest BCUT2D eigenvalue weighted by Crippen LogP contribution is 2.40. The van der Waals surface area contributed by atoms with Gasteiger partial charge in [-0.15, -0.1) is 0 Å². The third-order valence-corrected chi connectivity index (χ3v) is 5.51. The number of carbonyl (C=O) groups excluding carboxylic acids is 1. The predicted octanol–water partition coefficient (Wildman–Crippen LogP) is 5.68. The summed E-state index contributed by atoms with van der Waals surface area (Å²) < 4.78 is 0. The van der Waals surface area contributed by atoms with Gasteiger partial charge in [-0.25, -0.2) is 0 Å². The van der Waals surface area contributed by atoms with Gasteiger partial charge in [0.1, 0.15) is 0 Å². The Bertz CT molecular complexity index is 873. The van der Waals surface area contributed by atoms with Crippen LogP contribution >= 0.6 is 0 Å². The summed E-state index contributed by atoms with van der Waals surface area (Å²) in [7, 11) is 0. The van der Waals surface area contributed by atoms with Gasteiger partial charge in [-0.1, -0.05) is 86.0 Å². The molecule has 1 amide bonds. The molecular formula is C23H23NO. The van der Waals surface area contributed by atoms with E-state index in [9.17, 15) is 4.79 Å².